The smallest absolute Gasteiger partial charge is 0.323 e. The summed E-state index contributed by atoms with van der Waals surface area (Å²) in [6.45, 7) is 1.42. The topological polar surface area (TPSA) is 55.6 Å². The van der Waals surface area contributed by atoms with Gasteiger partial charge >= 0.3 is 5.97 Å². The Morgan fingerprint density at radius 2 is 2.37 bits per heavy atom. The lowest BCUT2D eigenvalue weighted by Crippen LogP contribution is -2.36. The van der Waals surface area contributed by atoms with Crippen LogP contribution in [0.5, 0.6) is 0 Å². The van der Waals surface area contributed by atoms with Crippen molar-refractivity contribution in [2.75, 3.05) is 13.7 Å². The van der Waals surface area contributed by atoms with Gasteiger partial charge in [-0.05, 0) is 31.5 Å². The van der Waals surface area contributed by atoms with Crippen LogP contribution in [-0.4, -0.2) is 35.5 Å². The van der Waals surface area contributed by atoms with Gasteiger partial charge in [0.05, 0.1) is 13.7 Å². The van der Waals surface area contributed by atoms with Crippen LogP contribution in [-0.2, 0) is 16.1 Å². The number of carbonyl (C=O) groups excluding carboxylic acids is 1. The Bertz CT molecular complexity index is 560. The Balaban J connectivity index is 1.78. The predicted molar refractivity (Wildman–Crippen MR) is 69.5 cm³/mol. The first-order chi connectivity index (χ1) is 9.28. The first kappa shape index (κ1) is 12.2. The number of ether oxygens (including phenoxy) is 1. The molecule has 0 N–H and O–H groups in total. The van der Waals surface area contributed by atoms with Gasteiger partial charge in [-0.3, -0.25) is 9.69 Å². The number of likely N-dealkylation sites (tertiary alicyclic amines) is 1. The molecule has 0 aliphatic carbocycles. The van der Waals surface area contributed by atoms with Crippen LogP contribution >= 0.6 is 0 Å². The van der Waals surface area contributed by atoms with E-state index < -0.39 is 0 Å². The van der Waals surface area contributed by atoms with E-state index in [1.807, 2.05) is 24.3 Å². The molecule has 1 aliphatic rings. The number of para-hydroxylation sites is 2. The number of rotatable bonds is 3. The van der Waals surface area contributed by atoms with E-state index in [9.17, 15) is 4.79 Å². The quantitative estimate of drug-likeness (QED) is 0.790. The van der Waals surface area contributed by atoms with E-state index in [0.29, 0.717) is 12.4 Å². The van der Waals surface area contributed by atoms with E-state index >= 15 is 0 Å². The molecule has 0 unspecified atom stereocenters. The first-order valence-corrected chi connectivity index (χ1v) is 6.44. The molecule has 0 radical (unpaired) electrons. The molecule has 1 fully saturated rings. The van der Waals surface area contributed by atoms with Gasteiger partial charge in [-0.15, -0.1) is 0 Å². The van der Waals surface area contributed by atoms with Gasteiger partial charge in [0.1, 0.15) is 11.6 Å². The molecule has 5 heteroatoms. The van der Waals surface area contributed by atoms with Crippen molar-refractivity contribution in [1.82, 2.24) is 9.88 Å². The van der Waals surface area contributed by atoms with Crippen LogP contribution in [0.4, 0.5) is 0 Å². The Morgan fingerprint density at radius 3 is 3.16 bits per heavy atom. The summed E-state index contributed by atoms with van der Waals surface area (Å²) < 4.78 is 10.5. The van der Waals surface area contributed by atoms with E-state index in [0.717, 1.165) is 30.5 Å². The van der Waals surface area contributed by atoms with E-state index in [4.69, 9.17) is 9.15 Å². The molecule has 2 heterocycles. The van der Waals surface area contributed by atoms with Crippen molar-refractivity contribution in [3.8, 4) is 0 Å². The van der Waals surface area contributed by atoms with Gasteiger partial charge in [-0.2, -0.15) is 0 Å². The molecular formula is C14H16N2O3. The summed E-state index contributed by atoms with van der Waals surface area (Å²) in [6, 6.07) is 7.50. The molecule has 1 aromatic heterocycles. The second kappa shape index (κ2) is 5.01. The van der Waals surface area contributed by atoms with E-state index in [1.54, 1.807) is 0 Å². The molecule has 1 aliphatic heterocycles. The minimum absolute atomic E-state index is 0.167. The summed E-state index contributed by atoms with van der Waals surface area (Å²) in [5.41, 5.74) is 1.64. The van der Waals surface area contributed by atoms with Gasteiger partial charge in [-0.25, -0.2) is 4.98 Å². The van der Waals surface area contributed by atoms with E-state index in [2.05, 4.69) is 9.88 Å². The molecule has 0 saturated carbocycles. The number of aromatic nitrogens is 1. The molecule has 19 heavy (non-hydrogen) atoms. The van der Waals surface area contributed by atoms with Crippen LogP contribution in [0.1, 0.15) is 18.7 Å². The van der Waals surface area contributed by atoms with Gasteiger partial charge in [0.25, 0.3) is 0 Å². The number of methoxy groups -OCH3 is 1. The third-order valence-electron chi connectivity index (χ3n) is 3.51. The first-order valence-electron chi connectivity index (χ1n) is 6.44. The van der Waals surface area contributed by atoms with Crippen molar-refractivity contribution in [1.29, 1.82) is 0 Å². The number of oxazole rings is 1. The van der Waals surface area contributed by atoms with Crippen LogP contribution in [0.2, 0.25) is 0 Å². The third-order valence-corrected chi connectivity index (χ3v) is 3.51. The SMILES string of the molecule is COC(=O)[C@H]1CCCN1Cc1nc2ccccc2o1. The Labute approximate surface area is 111 Å². The molecule has 5 nitrogen and oxygen atoms in total. The average Bonchev–Trinajstić information content (AvgIpc) is 3.04. The lowest BCUT2D eigenvalue weighted by Gasteiger charge is -2.20. The zero-order chi connectivity index (χ0) is 13.2. The fourth-order valence-corrected chi connectivity index (χ4v) is 2.58. The average molecular weight is 260 g/mol. The Morgan fingerprint density at radius 1 is 1.53 bits per heavy atom. The van der Waals surface area contributed by atoms with Gasteiger partial charge in [-0.1, -0.05) is 12.1 Å². The highest BCUT2D eigenvalue weighted by atomic mass is 16.5. The molecule has 0 bridgehead atoms. The molecule has 3 rings (SSSR count). The summed E-state index contributed by atoms with van der Waals surface area (Å²) >= 11 is 0. The minimum atomic E-state index is -0.173. The zero-order valence-corrected chi connectivity index (χ0v) is 10.8. The lowest BCUT2D eigenvalue weighted by molar-refractivity contribution is -0.146. The monoisotopic (exact) mass is 260 g/mol. The molecular weight excluding hydrogens is 244 g/mol. The van der Waals surface area contributed by atoms with Crippen molar-refractivity contribution in [3.05, 3.63) is 30.2 Å². The summed E-state index contributed by atoms with van der Waals surface area (Å²) in [6.07, 6.45) is 1.84. The highest BCUT2D eigenvalue weighted by Crippen LogP contribution is 2.22. The number of hydrogen-bond donors (Lipinski definition) is 0. The number of benzene rings is 1. The molecule has 1 aromatic carbocycles. The van der Waals surface area contributed by atoms with Crippen LogP contribution < -0.4 is 0 Å². The number of hydrogen-bond acceptors (Lipinski definition) is 5. The Hall–Kier alpha value is -1.88. The largest absolute Gasteiger partial charge is 0.468 e. The minimum Gasteiger partial charge on any atom is -0.468 e. The Kier molecular flexibility index (Phi) is 3.21. The third kappa shape index (κ3) is 2.33. The van der Waals surface area contributed by atoms with Crippen LogP contribution in [0, 0.1) is 0 Å². The number of esters is 1. The van der Waals surface area contributed by atoms with Gasteiger partial charge in [0, 0.05) is 0 Å². The molecule has 1 saturated heterocycles. The molecule has 0 amide bonds. The fourth-order valence-electron chi connectivity index (χ4n) is 2.58. The van der Waals surface area contributed by atoms with Gasteiger partial charge < -0.3 is 9.15 Å². The number of carbonyl (C=O) groups is 1. The van der Waals surface area contributed by atoms with Crippen LogP contribution in [0.15, 0.2) is 28.7 Å². The normalized spacial score (nSPS) is 19.9. The highest BCUT2D eigenvalue weighted by molar-refractivity contribution is 5.76. The number of fused-ring (bicyclic) bond motifs is 1. The second-order valence-corrected chi connectivity index (χ2v) is 4.73. The molecule has 2 aromatic rings. The summed E-state index contributed by atoms with van der Waals surface area (Å²) in [4.78, 5) is 18.2. The summed E-state index contributed by atoms with van der Waals surface area (Å²) in [5, 5.41) is 0. The molecule has 1 atom stereocenters. The van der Waals surface area contributed by atoms with Crippen LogP contribution in [0.3, 0.4) is 0 Å². The maximum absolute atomic E-state index is 11.7. The van der Waals surface area contributed by atoms with Crippen molar-refractivity contribution in [3.63, 3.8) is 0 Å². The van der Waals surface area contributed by atoms with Crippen molar-refractivity contribution in [2.24, 2.45) is 0 Å². The summed E-state index contributed by atoms with van der Waals surface area (Å²) in [5.74, 6) is 0.477. The van der Waals surface area contributed by atoms with E-state index in [-0.39, 0.29) is 12.0 Å². The maximum Gasteiger partial charge on any atom is 0.323 e. The van der Waals surface area contributed by atoms with Gasteiger partial charge in [0.15, 0.2) is 5.58 Å². The zero-order valence-electron chi connectivity index (χ0n) is 10.8. The molecule has 100 valence electrons. The molecule has 0 spiro atoms. The van der Waals surface area contributed by atoms with E-state index in [1.165, 1.54) is 7.11 Å². The predicted octanol–water partition coefficient (Wildman–Crippen LogP) is 1.97. The second-order valence-electron chi connectivity index (χ2n) is 4.73. The summed E-state index contributed by atoms with van der Waals surface area (Å²) in [7, 11) is 1.43. The maximum atomic E-state index is 11.7. The van der Waals surface area contributed by atoms with Gasteiger partial charge in [0.2, 0.25) is 5.89 Å². The standard InChI is InChI=1S/C14H16N2O3/c1-18-14(17)11-6-4-8-16(11)9-13-15-10-5-2-3-7-12(10)19-13/h2-3,5,7,11H,4,6,8-9H2,1H3/t11-/m1/s1. The van der Waals surface area contributed by atoms with Crippen molar-refractivity contribution < 1.29 is 13.9 Å². The lowest BCUT2D eigenvalue weighted by atomic mass is 10.2. The fraction of sp³-hybridized carbons (Fsp3) is 0.429. The van der Waals surface area contributed by atoms with Crippen molar-refractivity contribution >= 4 is 17.1 Å². The highest BCUT2D eigenvalue weighted by Gasteiger charge is 2.32. The van der Waals surface area contributed by atoms with Crippen LogP contribution in [0.25, 0.3) is 11.1 Å². The van der Waals surface area contributed by atoms with Crippen molar-refractivity contribution in [2.45, 2.75) is 25.4 Å². The number of nitrogens with zero attached hydrogens (tertiary/aromatic N) is 2.